The lowest BCUT2D eigenvalue weighted by molar-refractivity contribution is -0.125. The monoisotopic (exact) mass is 514 g/mol. The Balaban J connectivity index is 0.00000138. The van der Waals surface area contributed by atoms with Gasteiger partial charge in [-0.1, -0.05) is 87.5 Å². The second kappa shape index (κ2) is 12.9. The Kier molecular flexibility index (Phi) is 11.3. The Bertz CT molecular complexity index is 786. The van der Waals surface area contributed by atoms with E-state index < -0.39 is 0 Å². The van der Waals surface area contributed by atoms with Gasteiger partial charge in [-0.15, -0.1) is 0 Å². The zero-order chi connectivity index (χ0) is 26.7. The van der Waals surface area contributed by atoms with E-state index in [-0.39, 0.29) is 14.3 Å². The summed E-state index contributed by atoms with van der Waals surface area (Å²) in [5.74, 6) is 4.82. The van der Waals surface area contributed by atoms with Gasteiger partial charge in [-0.2, -0.15) is 0 Å². The van der Waals surface area contributed by atoms with Crippen LogP contribution in [0.15, 0.2) is 37.2 Å². The van der Waals surface area contributed by atoms with E-state index in [0.29, 0.717) is 16.9 Å². The van der Waals surface area contributed by atoms with Gasteiger partial charge >= 0.3 is 0 Å². The van der Waals surface area contributed by atoms with Gasteiger partial charge in [0.2, 0.25) is 0 Å². The lowest BCUT2D eigenvalue weighted by Gasteiger charge is -2.62. The topological polar surface area (TPSA) is 3.24 Å². The standard InChI is InChI=1S/C32H53N.C3H8.CH4.H2/c1-9-12-25-15-18-30(6)26(22-25)13-14-27-28(30)16-20-32(8)29(27)17-19-31(32,7)23(4)24(5)33(11-3)21-10-2;1-3-2;;/h10-11,21,24-29H,3-4,9,12-20,22H2,1-2,5-8H3;3H2,1-2H3;1H4;1H/b21-10-;;;. The van der Waals surface area contributed by atoms with Crippen LogP contribution in [0, 0.1) is 45.8 Å². The van der Waals surface area contributed by atoms with Crippen LogP contribution in [-0.4, -0.2) is 10.9 Å². The summed E-state index contributed by atoms with van der Waals surface area (Å²) in [5, 5.41) is 0. The highest BCUT2D eigenvalue weighted by molar-refractivity contribution is 5.27. The van der Waals surface area contributed by atoms with E-state index in [0.717, 1.165) is 29.6 Å². The van der Waals surface area contributed by atoms with Crippen LogP contribution in [0.4, 0.5) is 0 Å². The van der Waals surface area contributed by atoms with Gasteiger partial charge in [0.15, 0.2) is 0 Å². The van der Waals surface area contributed by atoms with E-state index in [1.165, 1.54) is 82.6 Å². The third-order valence-electron chi connectivity index (χ3n) is 12.3. The fourth-order valence-corrected chi connectivity index (χ4v) is 9.97. The predicted molar refractivity (Wildman–Crippen MR) is 168 cm³/mol. The SMILES string of the molecule is C.C=CN(/C=C\C)C(C)C(=C)C1(C)CCC2C3CCC4CC(CCC)CCC4(C)C3CCC21C.CCC.[HH]. The van der Waals surface area contributed by atoms with Gasteiger partial charge in [-0.3, -0.25) is 0 Å². The summed E-state index contributed by atoms with van der Waals surface area (Å²) in [6, 6.07) is 0.305. The number of hydrogen-bond acceptors (Lipinski definition) is 1. The first-order valence-corrected chi connectivity index (χ1v) is 15.8. The molecule has 4 aliphatic rings. The third-order valence-corrected chi connectivity index (χ3v) is 12.3. The minimum atomic E-state index is 0. The summed E-state index contributed by atoms with van der Waals surface area (Å²) in [6.45, 7) is 27.9. The van der Waals surface area contributed by atoms with Crippen LogP contribution in [0.2, 0.25) is 0 Å². The van der Waals surface area contributed by atoms with Crippen molar-refractivity contribution in [3.8, 4) is 0 Å². The van der Waals surface area contributed by atoms with Crippen molar-refractivity contribution < 1.29 is 1.43 Å². The van der Waals surface area contributed by atoms with E-state index in [4.69, 9.17) is 6.58 Å². The molecule has 0 heterocycles. The smallest absolute Gasteiger partial charge is 0.0514 e. The number of hydrogen-bond donors (Lipinski definition) is 0. The molecule has 37 heavy (non-hydrogen) atoms. The minimum absolute atomic E-state index is 0. The third kappa shape index (κ3) is 5.54. The Morgan fingerprint density at radius 2 is 1.65 bits per heavy atom. The normalized spacial score (nSPS) is 41.2. The lowest BCUT2D eigenvalue weighted by atomic mass is 9.42. The molecule has 0 spiro atoms. The summed E-state index contributed by atoms with van der Waals surface area (Å²) in [6.07, 6.45) is 23.5. The highest BCUT2D eigenvalue weighted by atomic mass is 15.1. The summed E-state index contributed by atoms with van der Waals surface area (Å²) < 4.78 is 0. The fourth-order valence-electron chi connectivity index (χ4n) is 9.97. The summed E-state index contributed by atoms with van der Waals surface area (Å²) >= 11 is 0. The van der Waals surface area contributed by atoms with E-state index in [1.807, 2.05) is 6.20 Å². The molecule has 0 aromatic heterocycles. The Morgan fingerprint density at radius 3 is 2.24 bits per heavy atom. The fraction of sp³-hybridized carbons (Fsp3) is 0.833. The van der Waals surface area contributed by atoms with Crippen molar-refractivity contribution in [3.63, 3.8) is 0 Å². The zero-order valence-electron chi connectivity index (χ0n) is 25.5. The molecule has 9 unspecified atom stereocenters. The van der Waals surface area contributed by atoms with Gasteiger partial charge in [0.25, 0.3) is 0 Å². The molecule has 0 radical (unpaired) electrons. The summed E-state index contributed by atoms with van der Waals surface area (Å²) in [7, 11) is 0. The first-order chi connectivity index (χ1) is 17.1. The molecule has 4 saturated carbocycles. The Labute approximate surface area is 235 Å². The van der Waals surface area contributed by atoms with Crippen LogP contribution in [0.3, 0.4) is 0 Å². The van der Waals surface area contributed by atoms with E-state index in [9.17, 15) is 0 Å². The zero-order valence-corrected chi connectivity index (χ0v) is 25.5. The number of fused-ring (bicyclic) bond motifs is 5. The van der Waals surface area contributed by atoms with Crippen LogP contribution < -0.4 is 0 Å². The molecule has 9 atom stereocenters. The maximum Gasteiger partial charge on any atom is 0.0514 e. The lowest BCUT2D eigenvalue weighted by Crippen LogP contribution is -2.55. The minimum Gasteiger partial charge on any atom is -0.348 e. The summed E-state index contributed by atoms with van der Waals surface area (Å²) in [5.41, 5.74) is 2.67. The van der Waals surface area contributed by atoms with E-state index in [1.54, 1.807) is 0 Å². The summed E-state index contributed by atoms with van der Waals surface area (Å²) in [4.78, 5) is 2.26. The second-order valence-corrected chi connectivity index (χ2v) is 13.9. The van der Waals surface area contributed by atoms with Crippen molar-refractivity contribution in [2.45, 2.75) is 146 Å². The predicted octanol–water partition coefficient (Wildman–Crippen LogP) is 11.7. The Morgan fingerprint density at radius 1 is 1.00 bits per heavy atom. The molecule has 0 N–H and O–H groups in total. The molecule has 0 aromatic carbocycles. The largest absolute Gasteiger partial charge is 0.348 e. The molecule has 0 bridgehead atoms. The molecule has 0 aromatic rings. The number of nitrogens with zero attached hydrogens (tertiary/aromatic N) is 1. The second-order valence-electron chi connectivity index (χ2n) is 13.9. The van der Waals surface area contributed by atoms with Gasteiger partial charge in [0.1, 0.15) is 0 Å². The maximum absolute atomic E-state index is 4.78. The number of rotatable bonds is 7. The van der Waals surface area contributed by atoms with E-state index in [2.05, 4.69) is 79.1 Å². The molecule has 0 amide bonds. The van der Waals surface area contributed by atoms with Gasteiger partial charge in [0, 0.05) is 1.43 Å². The molecule has 4 aliphatic carbocycles. The van der Waals surface area contributed by atoms with Crippen LogP contribution >= 0.6 is 0 Å². The molecular formula is C36H67N. The van der Waals surface area contributed by atoms with Crippen LogP contribution in [0.1, 0.15) is 141 Å². The molecule has 1 heteroatoms. The molecule has 216 valence electrons. The van der Waals surface area contributed by atoms with Gasteiger partial charge < -0.3 is 4.90 Å². The molecule has 0 saturated heterocycles. The highest BCUT2D eigenvalue weighted by Gasteiger charge is 2.64. The molecule has 1 nitrogen and oxygen atoms in total. The molecule has 4 rings (SSSR count). The van der Waals surface area contributed by atoms with Crippen LogP contribution in [0.25, 0.3) is 0 Å². The highest BCUT2D eigenvalue weighted by Crippen LogP contribution is 2.72. The average Bonchev–Trinajstić information content (AvgIpc) is 3.14. The van der Waals surface area contributed by atoms with Crippen molar-refractivity contribution in [1.82, 2.24) is 4.90 Å². The van der Waals surface area contributed by atoms with Gasteiger partial charge in [-0.25, -0.2) is 0 Å². The van der Waals surface area contributed by atoms with Crippen molar-refractivity contribution in [1.29, 1.82) is 0 Å². The first kappa shape index (κ1) is 32.2. The van der Waals surface area contributed by atoms with Gasteiger partial charge in [-0.05, 0) is 135 Å². The van der Waals surface area contributed by atoms with Crippen molar-refractivity contribution in [2.24, 2.45) is 45.8 Å². The van der Waals surface area contributed by atoms with Gasteiger partial charge in [0.05, 0.1) is 6.04 Å². The quantitative estimate of drug-likeness (QED) is 0.306. The first-order valence-electron chi connectivity index (χ1n) is 15.8. The van der Waals surface area contributed by atoms with E-state index >= 15 is 0 Å². The van der Waals surface area contributed by atoms with Crippen molar-refractivity contribution >= 4 is 0 Å². The molecule has 0 aliphatic heterocycles. The maximum atomic E-state index is 4.78. The molecular weight excluding hydrogens is 446 g/mol. The van der Waals surface area contributed by atoms with Crippen LogP contribution in [-0.2, 0) is 0 Å². The van der Waals surface area contributed by atoms with Crippen LogP contribution in [0.5, 0.6) is 0 Å². The number of allylic oxidation sites excluding steroid dienone is 1. The molecule has 4 fully saturated rings. The van der Waals surface area contributed by atoms with Crippen molar-refractivity contribution in [3.05, 3.63) is 37.2 Å². The Hall–Kier alpha value is -0.980. The average molecular weight is 514 g/mol. The van der Waals surface area contributed by atoms with Crippen molar-refractivity contribution in [2.75, 3.05) is 0 Å².